The molecule has 0 bridgehead atoms. The highest BCUT2D eigenvalue weighted by molar-refractivity contribution is 6.30. The SMILES string of the molecule is CC(C)[C@@](F)(NC(=O)[C@H](Cc1ccccc1)NC(=O)COc1cccc(Cl)c1)C(=O)C(F)F. The quantitative estimate of drug-likeness (QED) is 0.476. The lowest BCUT2D eigenvalue weighted by molar-refractivity contribution is -0.152. The van der Waals surface area contributed by atoms with Crippen LogP contribution in [0.15, 0.2) is 54.6 Å². The minimum Gasteiger partial charge on any atom is -0.484 e. The van der Waals surface area contributed by atoms with Gasteiger partial charge in [-0.25, -0.2) is 13.2 Å². The minimum atomic E-state index is -3.62. The molecular formula is C23H24ClF3N2O4. The fourth-order valence-corrected chi connectivity index (χ4v) is 3.10. The molecule has 2 atom stereocenters. The molecule has 2 N–H and O–H groups in total. The largest absolute Gasteiger partial charge is 0.484 e. The van der Waals surface area contributed by atoms with Gasteiger partial charge in [0.05, 0.1) is 0 Å². The summed E-state index contributed by atoms with van der Waals surface area (Å²) in [6, 6.07) is 13.4. The number of halogens is 4. The molecule has 10 heteroatoms. The molecule has 0 spiro atoms. The first-order valence-corrected chi connectivity index (χ1v) is 10.5. The number of ketones is 1. The van der Waals surface area contributed by atoms with E-state index in [1.807, 2.05) is 0 Å². The molecular weight excluding hydrogens is 461 g/mol. The number of ether oxygens (including phenoxy) is 1. The second kappa shape index (κ2) is 11.7. The van der Waals surface area contributed by atoms with Crippen molar-refractivity contribution in [2.45, 2.75) is 38.5 Å². The molecule has 33 heavy (non-hydrogen) atoms. The van der Waals surface area contributed by atoms with Gasteiger partial charge in [0, 0.05) is 17.4 Å². The van der Waals surface area contributed by atoms with Crippen LogP contribution in [-0.2, 0) is 20.8 Å². The number of carbonyl (C=O) groups is 3. The number of alkyl halides is 3. The summed E-state index contributed by atoms with van der Waals surface area (Å²) >= 11 is 5.86. The lowest BCUT2D eigenvalue weighted by Gasteiger charge is -2.30. The lowest BCUT2D eigenvalue weighted by Crippen LogP contribution is -2.61. The maximum absolute atomic E-state index is 15.1. The number of Topliss-reactive ketones (excluding diaryl/α,β-unsaturated/α-hetero) is 1. The van der Waals surface area contributed by atoms with Crippen LogP contribution in [0, 0.1) is 5.92 Å². The van der Waals surface area contributed by atoms with Gasteiger partial charge in [-0.05, 0) is 23.8 Å². The average Bonchev–Trinajstić information content (AvgIpc) is 2.77. The molecule has 0 aromatic heterocycles. The van der Waals surface area contributed by atoms with Gasteiger partial charge in [0.1, 0.15) is 11.8 Å². The Kier molecular flexibility index (Phi) is 9.28. The summed E-state index contributed by atoms with van der Waals surface area (Å²) in [7, 11) is 0. The Morgan fingerprint density at radius 2 is 1.73 bits per heavy atom. The standard InChI is InChI=1S/C23H24ClF3N2O4/c1-14(2)23(27,20(31)21(25)26)29-22(32)18(11-15-7-4-3-5-8-15)28-19(30)13-33-17-10-6-9-16(24)12-17/h3-10,12,14,18,21H,11,13H2,1-2H3,(H,28,30)(H,29,32)/t18-,23+/m0/s1. The van der Waals surface area contributed by atoms with Crippen LogP contribution in [0.3, 0.4) is 0 Å². The number of hydrogen-bond acceptors (Lipinski definition) is 4. The third-order valence-corrected chi connectivity index (χ3v) is 4.99. The molecule has 0 aliphatic rings. The Morgan fingerprint density at radius 3 is 2.30 bits per heavy atom. The predicted molar refractivity (Wildman–Crippen MR) is 117 cm³/mol. The van der Waals surface area contributed by atoms with Crippen LogP contribution in [0.2, 0.25) is 5.02 Å². The van der Waals surface area contributed by atoms with E-state index in [4.69, 9.17) is 16.3 Å². The first-order chi connectivity index (χ1) is 15.5. The van der Waals surface area contributed by atoms with Gasteiger partial charge in [0.15, 0.2) is 6.61 Å². The van der Waals surface area contributed by atoms with Gasteiger partial charge >= 0.3 is 6.43 Å². The van der Waals surface area contributed by atoms with Crippen LogP contribution in [0.1, 0.15) is 19.4 Å². The molecule has 178 valence electrons. The summed E-state index contributed by atoms with van der Waals surface area (Å²) in [6.07, 6.45) is -3.70. The highest BCUT2D eigenvalue weighted by Gasteiger charge is 2.48. The maximum atomic E-state index is 15.1. The summed E-state index contributed by atoms with van der Waals surface area (Å²) in [5, 5.41) is 4.57. The highest BCUT2D eigenvalue weighted by atomic mass is 35.5. The third-order valence-electron chi connectivity index (χ3n) is 4.76. The van der Waals surface area contributed by atoms with E-state index >= 15 is 4.39 Å². The smallest absolute Gasteiger partial charge is 0.301 e. The minimum absolute atomic E-state index is 0.0768. The Bertz CT molecular complexity index is 975. The summed E-state index contributed by atoms with van der Waals surface area (Å²) in [6.45, 7) is 1.88. The number of carbonyl (C=O) groups excluding carboxylic acids is 3. The van der Waals surface area contributed by atoms with E-state index in [0.717, 1.165) is 0 Å². The Morgan fingerprint density at radius 1 is 1.06 bits per heavy atom. The van der Waals surface area contributed by atoms with Crippen molar-refractivity contribution in [3.8, 4) is 5.75 Å². The van der Waals surface area contributed by atoms with Gasteiger partial charge in [-0.15, -0.1) is 0 Å². The summed E-state index contributed by atoms with van der Waals surface area (Å²) in [4.78, 5) is 37.0. The van der Waals surface area contributed by atoms with Gasteiger partial charge in [0.25, 0.3) is 11.7 Å². The van der Waals surface area contributed by atoms with E-state index in [1.54, 1.807) is 53.8 Å². The zero-order valence-electron chi connectivity index (χ0n) is 18.0. The Labute approximate surface area is 194 Å². The number of amides is 2. The van der Waals surface area contributed by atoms with Crippen molar-refractivity contribution in [3.05, 3.63) is 65.2 Å². The number of rotatable bonds is 11. The molecule has 2 aromatic carbocycles. The molecule has 2 rings (SSSR count). The zero-order valence-corrected chi connectivity index (χ0v) is 18.7. The number of benzene rings is 2. The van der Waals surface area contributed by atoms with Gasteiger partial charge in [-0.3, -0.25) is 14.4 Å². The monoisotopic (exact) mass is 484 g/mol. The van der Waals surface area contributed by atoms with Crippen LogP contribution in [0.4, 0.5) is 13.2 Å². The van der Waals surface area contributed by atoms with Crippen molar-refractivity contribution in [1.29, 1.82) is 0 Å². The van der Waals surface area contributed by atoms with Crippen LogP contribution < -0.4 is 15.4 Å². The Hall–Kier alpha value is -3.07. The van der Waals surface area contributed by atoms with Gasteiger partial charge in [-0.2, -0.15) is 0 Å². The second-order valence-electron chi connectivity index (χ2n) is 7.58. The molecule has 0 aliphatic carbocycles. The first kappa shape index (κ1) is 26.2. The maximum Gasteiger partial charge on any atom is 0.301 e. The van der Waals surface area contributed by atoms with E-state index in [2.05, 4.69) is 5.32 Å². The molecule has 0 radical (unpaired) electrons. The molecule has 6 nitrogen and oxygen atoms in total. The van der Waals surface area contributed by atoms with E-state index in [9.17, 15) is 23.2 Å². The van der Waals surface area contributed by atoms with E-state index in [0.29, 0.717) is 16.3 Å². The Balaban J connectivity index is 2.17. The zero-order chi connectivity index (χ0) is 24.6. The molecule has 0 saturated carbocycles. The molecule has 0 unspecified atom stereocenters. The lowest BCUT2D eigenvalue weighted by atomic mass is 9.95. The number of hydrogen-bond donors (Lipinski definition) is 2. The fourth-order valence-electron chi connectivity index (χ4n) is 2.92. The van der Waals surface area contributed by atoms with Crippen molar-refractivity contribution in [1.82, 2.24) is 10.6 Å². The van der Waals surface area contributed by atoms with E-state index < -0.39 is 48.4 Å². The first-order valence-electron chi connectivity index (χ1n) is 10.1. The topological polar surface area (TPSA) is 84.5 Å². The van der Waals surface area contributed by atoms with Crippen LogP contribution in [0.25, 0.3) is 0 Å². The van der Waals surface area contributed by atoms with E-state index in [1.165, 1.54) is 19.9 Å². The molecule has 0 saturated heterocycles. The number of nitrogens with one attached hydrogen (secondary N) is 2. The molecule has 0 heterocycles. The van der Waals surface area contributed by atoms with Crippen molar-refractivity contribution < 1.29 is 32.3 Å². The van der Waals surface area contributed by atoms with Crippen LogP contribution in [-0.4, -0.2) is 42.5 Å². The van der Waals surface area contributed by atoms with Crippen molar-refractivity contribution in [3.63, 3.8) is 0 Å². The molecule has 0 aliphatic heterocycles. The average molecular weight is 485 g/mol. The predicted octanol–water partition coefficient (Wildman–Crippen LogP) is 3.72. The second-order valence-corrected chi connectivity index (χ2v) is 8.01. The summed E-state index contributed by atoms with van der Waals surface area (Å²) in [5.41, 5.74) is 0.614. The highest BCUT2D eigenvalue weighted by Crippen LogP contribution is 2.24. The van der Waals surface area contributed by atoms with Crippen molar-refractivity contribution in [2.24, 2.45) is 5.92 Å². The van der Waals surface area contributed by atoms with Crippen molar-refractivity contribution >= 4 is 29.2 Å². The normalized spacial score (nSPS) is 13.8. The summed E-state index contributed by atoms with van der Waals surface area (Å²) in [5.74, 6) is -8.17. The van der Waals surface area contributed by atoms with Gasteiger partial charge in [0.2, 0.25) is 11.7 Å². The molecule has 2 aromatic rings. The fraction of sp³-hybridized carbons (Fsp3) is 0.348. The third kappa shape index (κ3) is 7.49. The van der Waals surface area contributed by atoms with Gasteiger partial charge < -0.3 is 15.4 Å². The van der Waals surface area contributed by atoms with Crippen LogP contribution in [0.5, 0.6) is 5.75 Å². The van der Waals surface area contributed by atoms with Gasteiger partial charge in [-0.1, -0.05) is 61.8 Å². The van der Waals surface area contributed by atoms with Crippen molar-refractivity contribution in [2.75, 3.05) is 6.61 Å². The summed E-state index contributed by atoms with van der Waals surface area (Å²) < 4.78 is 46.4. The van der Waals surface area contributed by atoms with Crippen LogP contribution >= 0.6 is 11.6 Å². The van der Waals surface area contributed by atoms with E-state index in [-0.39, 0.29) is 6.42 Å². The molecule has 2 amide bonds. The molecule has 0 fully saturated rings.